The number of H-pyrrole nitrogens is 2. The van der Waals surface area contributed by atoms with Crippen LogP contribution in [0.15, 0.2) is 12.5 Å². The van der Waals surface area contributed by atoms with E-state index in [1.165, 1.54) is 0 Å². The highest BCUT2D eigenvalue weighted by Gasteiger charge is 2.10. The molecule has 1 amide bonds. The summed E-state index contributed by atoms with van der Waals surface area (Å²) in [5.74, 6) is 0.0158. The minimum absolute atomic E-state index is 0.0158. The summed E-state index contributed by atoms with van der Waals surface area (Å²) >= 11 is 0. The van der Waals surface area contributed by atoms with Crippen molar-refractivity contribution >= 4 is 5.91 Å². The third kappa shape index (κ3) is 2.97. The summed E-state index contributed by atoms with van der Waals surface area (Å²) in [6.07, 6.45) is 4.53. The van der Waals surface area contributed by atoms with Crippen molar-refractivity contribution in [1.29, 1.82) is 0 Å². The Hall–Kier alpha value is -2.11. The Morgan fingerprint density at radius 1 is 1.44 bits per heavy atom. The summed E-state index contributed by atoms with van der Waals surface area (Å²) in [5.41, 5.74) is 3.84. The molecule has 0 aliphatic rings. The fourth-order valence-electron chi connectivity index (χ4n) is 1.82. The van der Waals surface area contributed by atoms with Crippen LogP contribution < -0.4 is 5.32 Å². The molecule has 0 unspecified atom stereocenters. The van der Waals surface area contributed by atoms with Gasteiger partial charge in [-0.2, -0.15) is 5.10 Å². The number of aromatic nitrogens is 4. The molecule has 2 rings (SSSR count). The fourth-order valence-corrected chi connectivity index (χ4v) is 1.82. The van der Waals surface area contributed by atoms with Crippen LogP contribution in [0.3, 0.4) is 0 Å². The van der Waals surface area contributed by atoms with E-state index < -0.39 is 0 Å². The fraction of sp³-hybridized carbons (Fsp3) is 0.417. The number of aryl methyl sites for hydroxylation is 2. The van der Waals surface area contributed by atoms with Crippen molar-refractivity contribution in [2.24, 2.45) is 0 Å². The largest absolute Gasteiger partial charge is 0.355 e. The molecule has 6 nitrogen and oxygen atoms in total. The van der Waals surface area contributed by atoms with Crippen LogP contribution in [0.4, 0.5) is 0 Å². The van der Waals surface area contributed by atoms with Gasteiger partial charge in [-0.1, -0.05) is 0 Å². The lowest BCUT2D eigenvalue weighted by Crippen LogP contribution is -2.27. The Labute approximate surface area is 105 Å². The molecular weight excluding hydrogens is 230 g/mol. The molecule has 0 aliphatic carbocycles. The molecule has 0 saturated carbocycles. The van der Waals surface area contributed by atoms with E-state index in [0.29, 0.717) is 13.0 Å². The van der Waals surface area contributed by atoms with Crippen molar-refractivity contribution in [3.05, 3.63) is 35.2 Å². The zero-order chi connectivity index (χ0) is 13.0. The third-order valence-corrected chi connectivity index (χ3v) is 2.89. The average Bonchev–Trinajstić information content (AvgIpc) is 2.94. The molecule has 0 spiro atoms. The Morgan fingerprint density at radius 2 is 2.28 bits per heavy atom. The van der Waals surface area contributed by atoms with Crippen LogP contribution in [0.2, 0.25) is 0 Å². The van der Waals surface area contributed by atoms with Crippen molar-refractivity contribution < 1.29 is 4.79 Å². The number of amides is 1. The second kappa shape index (κ2) is 5.48. The number of rotatable bonds is 5. The standard InChI is InChI=1S/C12H17N5O/c1-8-11(9(2)17-16-8)5-12(18)14-4-3-10-6-13-7-15-10/h6-7H,3-5H2,1-2H3,(H,13,15)(H,14,18)(H,16,17). The van der Waals surface area contributed by atoms with Gasteiger partial charge in [-0.15, -0.1) is 0 Å². The van der Waals surface area contributed by atoms with Gasteiger partial charge < -0.3 is 10.3 Å². The second-order valence-corrected chi connectivity index (χ2v) is 4.27. The molecule has 2 aromatic rings. The third-order valence-electron chi connectivity index (χ3n) is 2.89. The van der Waals surface area contributed by atoms with Gasteiger partial charge >= 0.3 is 0 Å². The van der Waals surface area contributed by atoms with Crippen LogP contribution >= 0.6 is 0 Å². The number of carbonyl (C=O) groups excluding carboxylic acids is 1. The molecular formula is C12H17N5O. The second-order valence-electron chi connectivity index (χ2n) is 4.27. The Balaban J connectivity index is 1.79. The van der Waals surface area contributed by atoms with Crippen LogP contribution in [0.1, 0.15) is 22.6 Å². The Morgan fingerprint density at radius 3 is 2.89 bits per heavy atom. The van der Waals surface area contributed by atoms with E-state index in [9.17, 15) is 4.79 Å². The maximum absolute atomic E-state index is 11.8. The van der Waals surface area contributed by atoms with Crippen molar-refractivity contribution in [1.82, 2.24) is 25.5 Å². The van der Waals surface area contributed by atoms with E-state index >= 15 is 0 Å². The summed E-state index contributed by atoms with van der Waals surface area (Å²) in [6, 6.07) is 0. The molecule has 0 aliphatic heterocycles. The molecule has 3 N–H and O–H groups in total. The van der Waals surface area contributed by atoms with Crippen molar-refractivity contribution in [3.63, 3.8) is 0 Å². The quantitative estimate of drug-likeness (QED) is 0.725. The normalized spacial score (nSPS) is 10.6. The van der Waals surface area contributed by atoms with Gasteiger partial charge in [0.1, 0.15) is 0 Å². The van der Waals surface area contributed by atoms with Gasteiger partial charge in [-0.25, -0.2) is 4.98 Å². The number of aromatic amines is 2. The van der Waals surface area contributed by atoms with E-state index in [1.807, 2.05) is 13.8 Å². The predicted molar refractivity (Wildman–Crippen MR) is 67.1 cm³/mol. The van der Waals surface area contributed by atoms with Gasteiger partial charge in [-0.05, 0) is 13.8 Å². The molecule has 0 bridgehead atoms. The van der Waals surface area contributed by atoms with E-state index in [0.717, 1.165) is 29.1 Å². The lowest BCUT2D eigenvalue weighted by Gasteiger charge is -2.04. The van der Waals surface area contributed by atoms with Gasteiger partial charge in [0.25, 0.3) is 0 Å². The first-order valence-electron chi connectivity index (χ1n) is 5.91. The maximum Gasteiger partial charge on any atom is 0.224 e. The van der Waals surface area contributed by atoms with Crippen LogP contribution in [0.25, 0.3) is 0 Å². The van der Waals surface area contributed by atoms with Crippen LogP contribution in [-0.2, 0) is 17.6 Å². The molecule has 0 fully saturated rings. The average molecular weight is 247 g/mol. The summed E-state index contributed by atoms with van der Waals surface area (Å²) in [5, 5.41) is 9.83. The minimum atomic E-state index is 0.0158. The molecule has 2 heterocycles. The highest BCUT2D eigenvalue weighted by molar-refractivity contribution is 5.79. The van der Waals surface area contributed by atoms with E-state index in [4.69, 9.17) is 0 Å². The van der Waals surface area contributed by atoms with Crippen LogP contribution in [0.5, 0.6) is 0 Å². The predicted octanol–water partition coefficient (Wildman–Crippen LogP) is 0.651. The molecule has 0 aromatic carbocycles. The van der Waals surface area contributed by atoms with E-state index in [-0.39, 0.29) is 5.91 Å². The molecule has 18 heavy (non-hydrogen) atoms. The van der Waals surface area contributed by atoms with Crippen LogP contribution in [0, 0.1) is 13.8 Å². The molecule has 6 heteroatoms. The summed E-state index contributed by atoms with van der Waals surface area (Å²) in [6.45, 7) is 4.43. The number of hydrogen-bond donors (Lipinski definition) is 3. The van der Waals surface area contributed by atoms with Gasteiger partial charge in [0.15, 0.2) is 0 Å². The topological polar surface area (TPSA) is 86.5 Å². The summed E-state index contributed by atoms with van der Waals surface area (Å²) in [4.78, 5) is 18.7. The minimum Gasteiger partial charge on any atom is -0.355 e. The molecule has 0 saturated heterocycles. The van der Waals surface area contributed by atoms with E-state index in [1.54, 1.807) is 12.5 Å². The highest BCUT2D eigenvalue weighted by Crippen LogP contribution is 2.09. The van der Waals surface area contributed by atoms with Gasteiger partial charge in [-0.3, -0.25) is 9.89 Å². The SMILES string of the molecule is Cc1n[nH]c(C)c1CC(=O)NCCc1cnc[nH]1. The molecule has 96 valence electrons. The smallest absolute Gasteiger partial charge is 0.224 e. The monoisotopic (exact) mass is 247 g/mol. The molecule has 0 atom stereocenters. The first kappa shape index (κ1) is 12.3. The molecule has 2 aromatic heterocycles. The van der Waals surface area contributed by atoms with Crippen LogP contribution in [-0.4, -0.2) is 32.6 Å². The highest BCUT2D eigenvalue weighted by atomic mass is 16.1. The van der Waals surface area contributed by atoms with Gasteiger partial charge in [0.05, 0.1) is 18.4 Å². The molecule has 0 radical (unpaired) electrons. The number of nitrogens with one attached hydrogen (secondary N) is 3. The zero-order valence-electron chi connectivity index (χ0n) is 10.6. The Kier molecular flexibility index (Phi) is 3.76. The first-order chi connectivity index (χ1) is 8.66. The Bertz CT molecular complexity index is 495. The lowest BCUT2D eigenvalue weighted by molar-refractivity contribution is -0.120. The summed E-state index contributed by atoms with van der Waals surface area (Å²) in [7, 11) is 0. The van der Waals surface area contributed by atoms with Crippen molar-refractivity contribution in [2.45, 2.75) is 26.7 Å². The van der Waals surface area contributed by atoms with Crippen molar-refractivity contribution in [3.8, 4) is 0 Å². The number of hydrogen-bond acceptors (Lipinski definition) is 3. The zero-order valence-corrected chi connectivity index (χ0v) is 10.6. The number of imidazole rings is 1. The van der Waals surface area contributed by atoms with Gasteiger partial charge in [0.2, 0.25) is 5.91 Å². The maximum atomic E-state index is 11.8. The van der Waals surface area contributed by atoms with Crippen molar-refractivity contribution in [2.75, 3.05) is 6.54 Å². The lowest BCUT2D eigenvalue weighted by atomic mass is 10.1. The first-order valence-corrected chi connectivity index (χ1v) is 5.91. The van der Waals surface area contributed by atoms with Gasteiger partial charge in [0, 0.05) is 36.1 Å². The summed E-state index contributed by atoms with van der Waals surface area (Å²) < 4.78 is 0. The number of nitrogens with zero attached hydrogens (tertiary/aromatic N) is 2. The van der Waals surface area contributed by atoms with E-state index in [2.05, 4.69) is 25.5 Å². The number of carbonyl (C=O) groups is 1.